The van der Waals surface area contributed by atoms with E-state index in [4.69, 9.17) is 20.9 Å². The van der Waals surface area contributed by atoms with Gasteiger partial charge in [-0.15, -0.1) is 6.42 Å². The van der Waals surface area contributed by atoms with Gasteiger partial charge in [0.05, 0.1) is 43.4 Å². The number of urea groups is 1. The summed E-state index contributed by atoms with van der Waals surface area (Å²) >= 11 is 0. The first-order chi connectivity index (χ1) is 26.6. The second kappa shape index (κ2) is 13.4. The Bertz CT molecular complexity index is 2300. The minimum atomic E-state index is -0.836. The number of phenolic OH excluding ortho intramolecular Hbond substituents is 1. The third-order valence-electron chi connectivity index (χ3n) is 12.2. The van der Waals surface area contributed by atoms with Crippen LogP contribution in [0, 0.1) is 52.6 Å². The highest BCUT2D eigenvalue weighted by Crippen LogP contribution is 2.48. The van der Waals surface area contributed by atoms with Crippen LogP contribution in [0.2, 0.25) is 0 Å². The van der Waals surface area contributed by atoms with Crippen molar-refractivity contribution < 1.29 is 28.2 Å². The zero-order valence-corrected chi connectivity index (χ0v) is 30.9. The highest BCUT2D eigenvalue weighted by atomic mass is 19.1. The van der Waals surface area contributed by atoms with E-state index in [1.54, 1.807) is 4.90 Å². The maximum Gasteiger partial charge on any atom is 0.320 e. The Morgan fingerprint density at radius 2 is 1.82 bits per heavy atom. The lowest BCUT2D eigenvalue weighted by Crippen LogP contribution is -2.62. The van der Waals surface area contributed by atoms with Crippen molar-refractivity contribution in [3.8, 4) is 47.3 Å². The number of carbonyl (C=O) groups excluding carboxylic acids is 1. The number of fused-ring (bicyclic) bond motifs is 4. The van der Waals surface area contributed by atoms with Gasteiger partial charge in [0.15, 0.2) is 5.82 Å². The molecule has 1 N–H and O–H groups in total. The largest absolute Gasteiger partial charge is 0.508 e. The van der Waals surface area contributed by atoms with Gasteiger partial charge in [0, 0.05) is 55.6 Å². The van der Waals surface area contributed by atoms with E-state index < -0.39 is 11.6 Å². The van der Waals surface area contributed by atoms with Crippen molar-refractivity contribution in [1.29, 1.82) is 5.26 Å². The third kappa shape index (κ3) is 6.07. The quantitative estimate of drug-likeness (QED) is 0.229. The molecule has 2 aromatic heterocycles. The van der Waals surface area contributed by atoms with Gasteiger partial charge < -0.3 is 34.2 Å². The number of nitriles is 1. The van der Waals surface area contributed by atoms with Crippen LogP contribution < -0.4 is 14.4 Å². The molecule has 2 aromatic carbocycles. The maximum atomic E-state index is 17.3. The molecule has 6 heterocycles. The number of benzene rings is 2. The SMILES string of the molecule is C#Cc1c(F)ccc2cc(O)cc(-c3nc(OC)c4c(N5CC6CCC(C5)N6C(=O)N5CC(C#N)C5)nc(OCC5(CN6CCC(C)C6)CC5)nc4c3F)c12. The number of ether oxygens (including phenoxy) is 2. The van der Waals surface area contributed by atoms with Crippen LogP contribution in [-0.2, 0) is 0 Å². The van der Waals surface area contributed by atoms with Gasteiger partial charge in [0.1, 0.15) is 34.0 Å². The van der Waals surface area contributed by atoms with Crippen molar-refractivity contribution >= 4 is 33.5 Å². The fourth-order valence-electron chi connectivity index (χ4n) is 9.13. The zero-order valence-electron chi connectivity index (χ0n) is 30.9. The molecular weight excluding hydrogens is 706 g/mol. The van der Waals surface area contributed by atoms with E-state index in [-0.39, 0.29) is 80.2 Å². The Balaban J connectivity index is 1.14. The number of anilines is 1. The molecule has 55 heavy (non-hydrogen) atoms. The van der Waals surface area contributed by atoms with Crippen LogP contribution in [0.3, 0.4) is 0 Å². The lowest BCUT2D eigenvalue weighted by Gasteiger charge is -2.46. The summed E-state index contributed by atoms with van der Waals surface area (Å²) < 4.78 is 44.7. The summed E-state index contributed by atoms with van der Waals surface area (Å²) in [6.07, 6.45) is 10.5. The standard InChI is InChI=1S/C41H42F2N8O4/c1-4-29-31(42)8-5-25-13-28(52)14-30(32(25)29)35-34(43)36-33(38(45-35)54-3)37(47-39(46-36)55-22-41(10-11-41)21-48-12-9-23(2)16-48)49-19-26-6-7-27(20-49)51(26)40(53)50-17-24(15-44)18-50/h1,5,8,13-14,23-24,26-27,52H,6-7,9-12,16-22H2,2-3H3. The van der Waals surface area contributed by atoms with Gasteiger partial charge in [-0.2, -0.15) is 15.2 Å². The first-order valence-corrected chi connectivity index (χ1v) is 19.0. The normalized spacial score (nSPS) is 23.2. The molecule has 3 unspecified atom stereocenters. The lowest BCUT2D eigenvalue weighted by atomic mass is 9.95. The predicted octanol–water partition coefficient (Wildman–Crippen LogP) is 5.55. The number of aromatic nitrogens is 3. The van der Waals surface area contributed by atoms with Gasteiger partial charge in [-0.25, -0.2) is 18.6 Å². The molecule has 4 saturated heterocycles. The average molecular weight is 749 g/mol. The number of carbonyl (C=O) groups is 1. The number of halogens is 2. The number of hydrogen-bond donors (Lipinski definition) is 1. The summed E-state index contributed by atoms with van der Waals surface area (Å²) in [4.78, 5) is 36.0. The number of methoxy groups -OCH3 is 1. The molecule has 5 fully saturated rings. The number of aromatic hydroxyl groups is 1. The first kappa shape index (κ1) is 35.2. The van der Waals surface area contributed by atoms with E-state index in [2.05, 4.69) is 33.8 Å². The summed E-state index contributed by atoms with van der Waals surface area (Å²) in [6, 6.07) is 7.34. The molecule has 2 amide bonds. The van der Waals surface area contributed by atoms with Crippen LogP contribution >= 0.6 is 0 Å². The summed E-state index contributed by atoms with van der Waals surface area (Å²) in [5.74, 6) is 1.62. The summed E-state index contributed by atoms with van der Waals surface area (Å²) in [5.41, 5.74) is -0.388. The second-order valence-electron chi connectivity index (χ2n) is 16.1. The van der Waals surface area contributed by atoms with E-state index in [1.165, 1.54) is 37.8 Å². The summed E-state index contributed by atoms with van der Waals surface area (Å²) in [7, 11) is 1.42. The first-order valence-electron chi connectivity index (χ1n) is 19.0. The smallest absolute Gasteiger partial charge is 0.320 e. The van der Waals surface area contributed by atoms with E-state index >= 15 is 8.78 Å². The van der Waals surface area contributed by atoms with E-state index in [9.17, 15) is 15.2 Å². The van der Waals surface area contributed by atoms with Crippen molar-refractivity contribution in [2.75, 3.05) is 64.4 Å². The second-order valence-corrected chi connectivity index (χ2v) is 16.1. The molecule has 5 aliphatic rings. The molecular formula is C41H42F2N8O4. The number of phenols is 1. The van der Waals surface area contributed by atoms with Crippen molar-refractivity contribution in [2.24, 2.45) is 17.3 Å². The number of amides is 2. The minimum Gasteiger partial charge on any atom is -0.508 e. The highest BCUT2D eigenvalue weighted by Gasteiger charge is 2.48. The Morgan fingerprint density at radius 1 is 1.05 bits per heavy atom. The third-order valence-corrected chi connectivity index (χ3v) is 12.2. The number of rotatable bonds is 8. The molecule has 0 radical (unpaired) electrons. The molecule has 4 aromatic rings. The van der Waals surface area contributed by atoms with Crippen LogP contribution in [0.15, 0.2) is 24.3 Å². The summed E-state index contributed by atoms with van der Waals surface area (Å²) in [6.45, 7) is 7.38. The van der Waals surface area contributed by atoms with E-state index in [0.29, 0.717) is 49.9 Å². The topological polar surface area (TPSA) is 131 Å². The lowest BCUT2D eigenvalue weighted by molar-refractivity contribution is 0.0870. The molecule has 1 aliphatic carbocycles. The zero-order chi connectivity index (χ0) is 38.2. The molecule has 0 spiro atoms. The van der Waals surface area contributed by atoms with Crippen molar-refractivity contribution in [3.05, 3.63) is 41.5 Å². The molecule has 1 saturated carbocycles. The van der Waals surface area contributed by atoms with Gasteiger partial charge in [-0.1, -0.05) is 18.9 Å². The van der Waals surface area contributed by atoms with Gasteiger partial charge in [0.2, 0.25) is 5.88 Å². The van der Waals surface area contributed by atoms with E-state index in [1.807, 2.05) is 9.80 Å². The van der Waals surface area contributed by atoms with Gasteiger partial charge >= 0.3 is 12.0 Å². The van der Waals surface area contributed by atoms with Crippen LogP contribution in [0.5, 0.6) is 17.6 Å². The van der Waals surface area contributed by atoms with Crippen LogP contribution in [0.25, 0.3) is 32.9 Å². The average Bonchev–Trinajstić information content (AvgIpc) is 3.72. The minimum absolute atomic E-state index is 0.00627. The highest BCUT2D eigenvalue weighted by molar-refractivity contribution is 6.04. The van der Waals surface area contributed by atoms with Crippen LogP contribution in [-0.4, -0.2) is 112 Å². The number of likely N-dealkylation sites (tertiary alicyclic amines) is 2. The maximum absolute atomic E-state index is 17.3. The van der Waals surface area contributed by atoms with E-state index in [0.717, 1.165) is 45.3 Å². The Labute approximate surface area is 317 Å². The number of piperazine rings is 1. The Kier molecular flexibility index (Phi) is 8.57. The van der Waals surface area contributed by atoms with Crippen LogP contribution in [0.1, 0.15) is 44.6 Å². The van der Waals surface area contributed by atoms with Crippen molar-refractivity contribution in [1.82, 2.24) is 29.7 Å². The van der Waals surface area contributed by atoms with Gasteiger partial charge in [0.25, 0.3) is 0 Å². The van der Waals surface area contributed by atoms with Gasteiger partial charge in [-0.05, 0) is 68.2 Å². The molecule has 284 valence electrons. The van der Waals surface area contributed by atoms with Crippen molar-refractivity contribution in [2.45, 2.75) is 51.1 Å². The molecule has 14 heteroatoms. The molecule has 3 atom stereocenters. The number of hydrogen-bond acceptors (Lipinski definition) is 10. The van der Waals surface area contributed by atoms with Crippen LogP contribution in [0.4, 0.5) is 19.4 Å². The number of pyridine rings is 1. The van der Waals surface area contributed by atoms with Crippen molar-refractivity contribution in [3.63, 3.8) is 0 Å². The van der Waals surface area contributed by atoms with Gasteiger partial charge in [-0.3, -0.25) is 0 Å². The summed E-state index contributed by atoms with van der Waals surface area (Å²) in [5, 5.41) is 20.9. The fraction of sp³-hybridized carbons (Fsp3) is 0.488. The molecule has 9 rings (SSSR count). The number of nitrogens with zero attached hydrogens (tertiary/aromatic N) is 8. The Hall–Kier alpha value is -5.47. The molecule has 4 aliphatic heterocycles. The molecule has 12 nitrogen and oxygen atoms in total. The Morgan fingerprint density at radius 3 is 2.47 bits per heavy atom. The molecule has 2 bridgehead atoms. The monoisotopic (exact) mass is 748 g/mol. The number of terminal acetylenes is 1. The predicted molar refractivity (Wildman–Crippen MR) is 201 cm³/mol. The fourth-order valence-corrected chi connectivity index (χ4v) is 9.13.